The molecule has 0 fully saturated rings. The fraction of sp³-hybridized carbons (Fsp3) is 0.133. The Bertz CT molecular complexity index is 675. The highest BCUT2D eigenvalue weighted by atomic mass is 32.1. The Kier molecular flexibility index (Phi) is 3.90. The molecule has 0 saturated carbocycles. The molecule has 2 aromatic heterocycles. The molecule has 0 spiro atoms. The van der Waals surface area contributed by atoms with Crippen molar-refractivity contribution in [3.05, 3.63) is 70.4 Å². The number of hydrogen-bond acceptors (Lipinski definition) is 3. The van der Waals surface area contributed by atoms with Gasteiger partial charge in [0.15, 0.2) is 5.13 Å². The molecular formula is C15H14FN3S. The van der Waals surface area contributed by atoms with Crippen molar-refractivity contribution in [3.63, 3.8) is 0 Å². The number of halogens is 1. The van der Waals surface area contributed by atoms with Gasteiger partial charge in [-0.3, -0.25) is 0 Å². The van der Waals surface area contributed by atoms with E-state index in [0.29, 0.717) is 13.1 Å². The van der Waals surface area contributed by atoms with E-state index in [-0.39, 0.29) is 5.13 Å². The number of rotatable bonds is 5. The van der Waals surface area contributed by atoms with Gasteiger partial charge in [0.05, 0.1) is 11.4 Å². The normalized spacial score (nSPS) is 10.8. The molecule has 5 heteroatoms. The maximum absolute atomic E-state index is 12.9. The van der Waals surface area contributed by atoms with Gasteiger partial charge >= 0.3 is 0 Å². The van der Waals surface area contributed by atoms with Crippen molar-refractivity contribution < 1.29 is 4.39 Å². The number of thiophene rings is 1. The molecule has 1 N–H and O–H groups in total. The molecule has 0 radical (unpaired) electrons. The summed E-state index contributed by atoms with van der Waals surface area (Å²) >= 11 is 1.17. The first-order valence-electron chi connectivity index (χ1n) is 6.36. The van der Waals surface area contributed by atoms with Crippen molar-refractivity contribution in [2.45, 2.75) is 13.1 Å². The van der Waals surface area contributed by atoms with E-state index in [9.17, 15) is 4.39 Å². The smallest absolute Gasteiger partial charge is 0.176 e. The van der Waals surface area contributed by atoms with Crippen LogP contribution in [0.2, 0.25) is 0 Å². The maximum Gasteiger partial charge on any atom is 0.176 e. The Labute approximate surface area is 120 Å². The molecule has 3 rings (SSSR count). The summed E-state index contributed by atoms with van der Waals surface area (Å²) in [6, 6.07) is 15.3. The Hall–Kier alpha value is -1.98. The molecule has 0 amide bonds. The Morgan fingerprint density at radius 3 is 2.65 bits per heavy atom. The third kappa shape index (κ3) is 2.95. The molecular weight excluding hydrogens is 273 g/mol. The van der Waals surface area contributed by atoms with Gasteiger partial charge in [-0.25, -0.2) is 4.68 Å². The molecule has 0 bridgehead atoms. The lowest BCUT2D eigenvalue weighted by Crippen LogP contribution is -2.15. The van der Waals surface area contributed by atoms with E-state index in [1.54, 1.807) is 6.20 Å². The zero-order valence-electron chi connectivity index (χ0n) is 10.8. The third-order valence-electron chi connectivity index (χ3n) is 2.96. The summed E-state index contributed by atoms with van der Waals surface area (Å²) in [4.78, 5) is 0.994. The van der Waals surface area contributed by atoms with Gasteiger partial charge in [0, 0.05) is 24.2 Å². The monoisotopic (exact) mass is 287 g/mol. The second-order valence-corrected chi connectivity index (χ2v) is 5.50. The van der Waals surface area contributed by atoms with E-state index in [4.69, 9.17) is 0 Å². The summed E-state index contributed by atoms with van der Waals surface area (Å²) in [6.45, 7) is 1.35. The fourth-order valence-electron chi connectivity index (χ4n) is 2.03. The van der Waals surface area contributed by atoms with Crippen LogP contribution in [0, 0.1) is 5.13 Å². The number of hydrogen-bond donors (Lipinski definition) is 1. The molecule has 0 saturated heterocycles. The van der Waals surface area contributed by atoms with Crippen LogP contribution in [0.5, 0.6) is 0 Å². The van der Waals surface area contributed by atoms with Gasteiger partial charge in [0.25, 0.3) is 0 Å². The zero-order valence-corrected chi connectivity index (χ0v) is 11.6. The Balaban J connectivity index is 1.65. The quantitative estimate of drug-likeness (QED) is 0.780. The average molecular weight is 287 g/mol. The van der Waals surface area contributed by atoms with Crippen molar-refractivity contribution in [3.8, 4) is 5.69 Å². The van der Waals surface area contributed by atoms with Crippen molar-refractivity contribution in [2.75, 3.05) is 0 Å². The van der Waals surface area contributed by atoms with E-state index < -0.39 is 0 Å². The van der Waals surface area contributed by atoms with Gasteiger partial charge in [0.1, 0.15) is 0 Å². The number of nitrogens with zero attached hydrogens (tertiary/aromatic N) is 2. The van der Waals surface area contributed by atoms with Crippen LogP contribution in [0.3, 0.4) is 0 Å². The summed E-state index contributed by atoms with van der Waals surface area (Å²) in [7, 11) is 0. The van der Waals surface area contributed by atoms with Gasteiger partial charge in [0.2, 0.25) is 0 Å². The van der Waals surface area contributed by atoms with Crippen LogP contribution in [0.25, 0.3) is 5.69 Å². The minimum absolute atomic E-state index is 0.142. The van der Waals surface area contributed by atoms with Crippen LogP contribution in [-0.2, 0) is 13.1 Å². The third-order valence-corrected chi connectivity index (χ3v) is 3.83. The summed E-state index contributed by atoms with van der Waals surface area (Å²) in [6.07, 6.45) is 1.79. The molecule has 0 aliphatic heterocycles. The molecule has 2 heterocycles. The van der Waals surface area contributed by atoms with Gasteiger partial charge in [-0.1, -0.05) is 18.2 Å². The van der Waals surface area contributed by atoms with E-state index in [1.807, 2.05) is 47.1 Å². The lowest BCUT2D eigenvalue weighted by molar-refractivity contribution is 0.656. The maximum atomic E-state index is 12.9. The van der Waals surface area contributed by atoms with E-state index in [0.717, 1.165) is 16.3 Å². The topological polar surface area (TPSA) is 29.9 Å². The predicted octanol–water partition coefficient (Wildman–Crippen LogP) is 3.36. The van der Waals surface area contributed by atoms with Crippen molar-refractivity contribution in [2.24, 2.45) is 0 Å². The lowest BCUT2D eigenvalue weighted by Gasteiger charge is -2.08. The minimum atomic E-state index is -0.142. The minimum Gasteiger partial charge on any atom is -0.306 e. The SMILES string of the molecule is Fc1ccc(CNCc2ccnn2-c2ccccc2)s1. The van der Waals surface area contributed by atoms with E-state index >= 15 is 0 Å². The largest absolute Gasteiger partial charge is 0.306 e. The van der Waals surface area contributed by atoms with E-state index in [1.165, 1.54) is 17.4 Å². The Morgan fingerprint density at radius 2 is 1.90 bits per heavy atom. The number of nitrogens with one attached hydrogen (secondary N) is 1. The standard InChI is InChI=1S/C15H14FN3S/c16-15-7-6-14(20-15)11-17-10-13-8-9-18-19(13)12-4-2-1-3-5-12/h1-9,17H,10-11H2. The summed E-state index contributed by atoms with van der Waals surface area (Å²) in [5.74, 6) is 0. The van der Waals surface area contributed by atoms with Gasteiger partial charge in [-0.15, -0.1) is 11.3 Å². The average Bonchev–Trinajstić information content (AvgIpc) is 3.09. The first-order chi connectivity index (χ1) is 9.83. The molecule has 0 unspecified atom stereocenters. The molecule has 0 atom stereocenters. The number of para-hydroxylation sites is 1. The zero-order chi connectivity index (χ0) is 13.8. The second-order valence-electron chi connectivity index (χ2n) is 4.38. The van der Waals surface area contributed by atoms with Crippen molar-refractivity contribution in [1.82, 2.24) is 15.1 Å². The molecule has 102 valence electrons. The van der Waals surface area contributed by atoms with Crippen molar-refractivity contribution in [1.29, 1.82) is 0 Å². The second kappa shape index (κ2) is 5.98. The molecule has 20 heavy (non-hydrogen) atoms. The summed E-state index contributed by atoms with van der Waals surface area (Å²) < 4.78 is 14.8. The number of aromatic nitrogens is 2. The summed E-state index contributed by atoms with van der Waals surface area (Å²) in [5, 5.41) is 7.50. The first kappa shape index (κ1) is 13.0. The van der Waals surface area contributed by atoms with Gasteiger partial charge < -0.3 is 5.32 Å². The molecule has 1 aromatic carbocycles. The molecule has 3 nitrogen and oxygen atoms in total. The highest BCUT2D eigenvalue weighted by molar-refractivity contribution is 7.10. The van der Waals surface area contributed by atoms with Gasteiger partial charge in [-0.05, 0) is 30.3 Å². The lowest BCUT2D eigenvalue weighted by atomic mass is 10.3. The van der Waals surface area contributed by atoms with Crippen LogP contribution in [-0.4, -0.2) is 9.78 Å². The fourth-order valence-corrected chi connectivity index (χ4v) is 2.72. The predicted molar refractivity (Wildman–Crippen MR) is 78.4 cm³/mol. The van der Waals surface area contributed by atoms with Crippen LogP contribution < -0.4 is 5.32 Å². The van der Waals surface area contributed by atoms with Crippen LogP contribution in [0.15, 0.2) is 54.7 Å². The highest BCUT2D eigenvalue weighted by Crippen LogP contribution is 2.14. The highest BCUT2D eigenvalue weighted by Gasteiger charge is 2.04. The van der Waals surface area contributed by atoms with Gasteiger partial charge in [-0.2, -0.15) is 9.49 Å². The molecule has 0 aliphatic rings. The van der Waals surface area contributed by atoms with Crippen molar-refractivity contribution >= 4 is 11.3 Å². The number of benzene rings is 1. The van der Waals surface area contributed by atoms with E-state index in [2.05, 4.69) is 10.4 Å². The summed E-state index contributed by atoms with van der Waals surface area (Å²) in [5.41, 5.74) is 2.12. The molecule has 3 aromatic rings. The molecule has 0 aliphatic carbocycles. The van der Waals surface area contributed by atoms with Crippen LogP contribution in [0.1, 0.15) is 10.6 Å². The van der Waals surface area contributed by atoms with Crippen LogP contribution >= 0.6 is 11.3 Å². The Morgan fingerprint density at radius 1 is 1.05 bits per heavy atom. The van der Waals surface area contributed by atoms with Crippen LogP contribution in [0.4, 0.5) is 4.39 Å². The first-order valence-corrected chi connectivity index (χ1v) is 7.18.